The lowest BCUT2D eigenvalue weighted by Crippen LogP contribution is -2.04. The Morgan fingerprint density at radius 3 is 2.67 bits per heavy atom. The standard InChI is InChI=1S/C17H14F2N4O3S/c1-10-4-3-5-11(8-10)15-20-21-17(22(15)2)27-12-6-7-13(23(24)25)14(9-12)26-16(18)19/h3-9,16H,1-2H3. The molecule has 1 heterocycles. The van der Waals surface area contributed by atoms with Crippen molar-refractivity contribution in [1.29, 1.82) is 0 Å². The van der Waals surface area contributed by atoms with Gasteiger partial charge in [-0.3, -0.25) is 10.1 Å². The molecule has 0 aliphatic heterocycles. The molecule has 1 aromatic heterocycles. The topological polar surface area (TPSA) is 83.1 Å². The van der Waals surface area contributed by atoms with Gasteiger partial charge >= 0.3 is 12.3 Å². The molecule has 0 fully saturated rings. The maximum absolute atomic E-state index is 12.5. The Bertz CT molecular complexity index is 994. The van der Waals surface area contributed by atoms with E-state index in [4.69, 9.17) is 0 Å². The lowest BCUT2D eigenvalue weighted by Gasteiger charge is -2.08. The maximum atomic E-state index is 12.5. The molecule has 0 saturated heterocycles. The maximum Gasteiger partial charge on any atom is 0.387 e. The number of aromatic nitrogens is 3. The summed E-state index contributed by atoms with van der Waals surface area (Å²) in [6, 6.07) is 11.5. The quantitative estimate of drug-likeness (QED) is 0.455. The third-order valence-corrected chi connectivity index (χ3v) is 4.69. The first-order valence-electron chi connectivity index (χ1n) is 7.72. The summed E-state index contributed by atoms with van der Waals surface area (Å²) in [5, 5.41) is 19.8. The molecule has 7 nitrogen and oxygen atoms in total. The lowest BCUT2D eigenvalue weighted by atomic mass is 10.1. The molecule has 0 N–H and O–H groups in total. The Morgan fingerprint density at radius 2 is 2.00 bits per heavy atom. The molecule has 140 valence electrons. The number of ether oxygens (including phenoxy) is 1. The number of rotatable bonds is 6. The molecule has 2 aromatic carbocycles. The van der Waals surface area contributed by atoms with Crippen LogP contribution in [0.15, 0.2) is 52.5 Å². The second kappa shape index (κ2) is 7.70. The van der Waals surface area contributed by atoms with Crippen molar-refractivity contribution in [3.8, 4) is 17.1 Å². The average molecular weight is 392 g/mol. The Hall–Kier alpha value is -3.01. The van der Waals surface area contributed by atoms with Crippen LogP contribution in [0.4, 0.5) is 14.5 Å². The van der Waals surface area contributed by atoms with Gasteiger partial charge in [0, 0.05) is 29.6 Å². The molecule has 0 amide bonds. The van der Waals surface area contributed by atoms with Crippen LogP contribution in [0.3, 0.4) is 0 Å². The molecule has 0 atom stereocenters. The fourth-order valence-corrected chi connectivity index (χ4v) is 3.26. The van der Waals surface area contributed by atoms with E-state index in [1.807, 2.05) is 31.2 Å². The molecule has 0 radical (unpaired) electrons. The molecule has 3 aromatic rings. The second-order valence-electron chi connectivity index (χ2n) is 5.60. The zero-order valence-electron chi connectivity index (χ0n) is 14.3. The highest BCUT2D eigenvalue weighted by Crippen LogP contribution is 2.36. The minimum Gasteiger partial charge on any atom is -0.427 e. The van der Waals surface area contributed by atoms with Crippen LogP contribution >= 0.6 is 11.8 Å². The molecule has 0 unspecified atom stereocenters. The first kappa shape index (κ1) is 18.8. The van der Waals surface area contributed by atoms with Crippen molar-refractivity contribution in [3.05, 3.63) is 58.1 Å². The van der Waals surface area contributed by atoms with Crippen molar-refractivity contribution in [2.75, 3.05) is 0 Å². The van der Waals surface area contributed by atoms with Gasteiger partial charge in [-0.15, -0.1) is 10.2 Å². The summed E-state index contributed by atoms with van der Waals surface area (Å²) < 4.78 is 31.1. The predicted octanol–water partition coefficient (Wildman–Crippen LogP) is 4.45. The van der Waals surface area contributed by atoms with Crippen molar-refractivity contribution < 1.29 is 18.4 Å². The number of hydrogen-bond donors (Lipinski definition) is 0. The van der Waals surface area contributed by atoms with Crippen LogP contribution in [0.25, 0.3) is 11.4 Å². The van der Waals surface area contributed by atoms with Crippen LogP contribution in [0.2, 0.25) is 0 Å². The lowest BCUT2D eigenvalue weighted by molar-refractivity contribution is -0.386. The Morgan fingerprint density at radius 1 is 1.22 bits per heavy atom. The van der Waals surface area contributed by atoms with E-state index in [1.54, 1.807) is 11.6 Å². The van der Waals surface area contributed by atoms with Crippen molar-refractivity contribution >= 4 is 17.4 Å². The summed E-state index contributed by atoms with van der Waals surface area (Å²) in [6.45, 7) is -1.19. The molecule has 0 bridgehead atoms. The van der Waals surface area contributed by atoms with Crippen LogP contribution in [0.1, 0.15) is 5.56 Å². The summed E-state index contributed by atoms with van der Waals surface area (Å²) in [7, 11) is 1.78. The van der Waals surface area contributed by atoms with E-state index in [0.717, 1.165) is 29.0 Å². The summed E-state index contributed by atoms with van der Waals surface area (Å²) in [5.41, 5.74) is 1.44. The highest BCUT2D eigenvalue weighted by atomic mass is 32.2. The molecule has 3 rings (SSSR count). The SMILES string of the molecule is Cc1cccc(-c2nnc(Sc3ccc([N+](=O)[O-])c(OC(F)F)c3)n2C)c1. The van der Waals surface area contributed by atoms with E-state index in [0.29, 0.717) is 15.9 Å². The molecular weight excluding hydrogens is 378 g/mol. The van der Waals surface area contributed by atoms with Gasteiger partial charge in [-0.05, 0) is 30.8 Å². The van der Waals surface area contributed by atoms with Gasteiger partial charge < -0.3 is 9.30 Å². The van der Waals surface area contributed by atoms with Crippen LogP contribution in [0, 0.1) is 17.0 Å². The number of nitro groups is 1. The number of alkyl halides is 2. The van der Waals surface area contributed by atoms with Crippen LogP contribution in [-0.2, 0) is 7.05 Å². The predicted molar refractivity (Wildman–Crippen MR) is 95.0 cm³/mol. The number of halogens is 2. The summed E-state index contributed by atoms with van der Waals surface area (Å²) >= 11 is 1.14. The Labute approximate surface area is 157 Å². The third-order valence-electron chi connectivity index (χ3n) is 3.66. The van der Waals surface area contributed by atoms with E-state index in [-0.39, 0.29) is 0 Å². The first-order chi connectivity index (χ1) is 12.8. The van der Waals surface area contributed by atoms with Gasteiger partial charge in [-0.25, -0.2) is 0 Å². The second-order valence-corrected chi connectivity index (χ2v) is 6.64. The van der Waals surface area contributed by atoms with E-state index in [9.17, 15) is 18.9 Å². The molecule has 0 aliphatic carbocycles. The minimum absolute atomic E-state index is 0.461. The Kier molecular flexibility index (Phi) is 5.36. The Balaban J connectivity index is 1.91. The van der Waals surface area contributed by atoms with E-state index in [1.165, 1.54) is 12.1 Å². The number of aryl methyl sites for hydroxylation is 1. The highest BCUT2D eigenvalue weighted by Gasteiger charge is 2.20. The fraction of sp³-hybridized carbons (Fsp3) is 0.176. The van der Waals surface area contributed by atoms with Crippen molar-refractivity contribution in [2.45, 2.75) is 23.6 Å². The highest BCUT2D eigenvalue weighted by molar-refractivity contribution is 7.99. The van der Waals surface area contributed by atoms with E-state index in [2.05, 4.69) is 14.9 Å². The minimum atomic E-state index is -3.16. The molecular formula is C17H14F2N4O3S. The van der Waals surface area contributed by atoms with E-state index >= 15 is 0 Å². The van der Waals surface area contributed by atoms with Crippen LogP contribution < -0.4 is 4.74 Å². The largest absolute Gasteiger partial charge is 0.427 e. The van der Waals surface area contributed by atoms with Gasteiger partial charge in [0.1, 0.15) is 0 Å². The number of nitrogens with zero attached hydrogens (tertiary/aromatic N) is 4. The number of hydrogen-bond acceptors (Lipinski definition) is 6. The summed E-state index contributed by atoms with van der Waals surface area (Å²) in [4.78, 5) is 10.6. The molecule has 0 spiro atoms. The van der Waals surface area contributed by atoms with Crippen molar-refractivity contribution in [3.63, 3.8) is 0 Å². The van der Waals surface area contributed by atoms with Gasteiger partial charge in [0.15, 0.2) is 11.0 Å². The number of benzene rings is 2. The molecule has 10 heteroatoms. The summed E-state index contributed by atoms with van der Waals surface area (Å²) in [5.74, 6) is 0.147. The number of nitro benzene ring substituents is 1. The zero-order valence-corrected chi connectivity index (χ0v) is 15.1. The zero-order chi connectivity index (χ0) is 19.6. The fourth-order valence-electron chi connectivity index (χ4n) is 2.44. The smallest absolute Gasteiger partial charge is 0.387 e. The summed E-state index contributed by atoms with van der Waals surface area (Å²) in [6.07, 6.45) is 0. The van der Waals surface area contributed by atoms with Gasteiger partial charge in [0.2, 0.25) is 5.75 Å². The first-order valence-corrected chi connectivity index (χ1v) is 8.54. The van der Waals surface area contributed by atoms with Crippen molar-refractivity contribution in [1.82, 2.24) is 14.8 Å². The normalized spacial score (nSPS) is 11.0. The van der Waals surface area contributed by atoms with E-state index < -0.39 is 23.0 Å². The molecule has 27 heavy (non-hydrogen) atoms. The molecule has 0 saturated carbocycles. The van der Waals surface area contributed by atoms with Crippen LogP contribution in [0.5, 0.6) is 5.75 Å². The average Bonchev–Trinajstić information content (AvgIpc) is 2.95. The molecule has 0 aliphatic rings. The monoisotopic (exact) mass is 392 g/mol. The van der Waals surface area contributed by atoms with Crippen molar-refractivity contribution in [2.24, 2.45) is 7.05 Å². The third kappa shape index (κ3) is 4.22. The van der Waals surface area contributed by atoms with Gasteiger partial charge in [0.25, 0.3) is 0 Å². The van der Waals surface area contributed by atoms with Gasteiger partial charge in [-0.2, -0.15) is 8.78 Å². The van der Waals surface area contributed by atoms with Crippen LogP contribution in [-0.4, -0.2) is 26.3 Å². The van der Waals surface area contributed by atoms with Gasteiger partial charge in [0.05, 0.1) is 4.92 Å². The van der Waals surface area contributed by atoms with Gasteiger partial charge in [-0.1, -0.05) is 23.8 Å².